The Hall–Kier alpha value is -2.56. The average Bonchev–Trinajstić information content (AvgIpc) is 3.04. The monoisotopic (exact) mass is 324 g/mol. The molecule has 0 spiro atoms. The Kier molecular flexibility index (Phi) is 3.44. The minimum atomic E-state index is -0.0125. The topological polar surface area (TPSA) is 53.2 Å². The second-order valence-corrected chi connectivity index (χ2v) is 6.33. The summed E-state index contributed by atoms with van der Waals surface area (Å²) in [5.74, 6) is 0.716. The molecule has 0 bridgehead atoms. The number of aromatic nitrogens is 2. The maximum absolute atomic E-state index is 13.1. The van der Waals surface area contributed by atoms with Gasteiger partial charge in [-0.3, -0.25) is 14.2 Å². The van der Waals surface area contributed by atoms with Crippen molar-refractivity contribution < 1.29 is 4.74 Å². The number of hydrogen-bond donors (Lipinski definition) is 0. The lowest BCUT2D eigenvalue weighted by Crippen LogP contribution is -2.21. The van der Waals surface area contributed by atoms with Crippen molar-refractivity contribution in [3.8, 4) is 5.75 Å². The van der Waals surface area contributed by atoms with Crippen LogP contribution in [0.4, 0.5) is 0 Å². The first-order chi connectivity index (χ1) is 11.7. The van der Waals surface area contributed by atoms with Crippen LogP contribution in [-0.2, 0) is 19.5 Å². The van der Waals surface area contributed by atoms with Gasteiger partial charge < -0.3 is 9.30 Å². The number of rotatable bonds is 4. The third-order valence-electron chi connectivity index (χ3n) is 4.93. The van der Waals surface area contributed by atoms with Crippen molar-refractivity contribution in [2.45, 2.75) is 39.3 Å². The van der Waals surface area contributed by atoms with E-state index in [4.69, 9.17) is 4.74 Å². The van der Waals surface area contributed by atoms with E-state index in [0.717, 1.165) is 36.0 Å². The van der Waals surface area contributed by atoms with E-state index in [0.29, 0.717) is 29.6 Å². The van der Waals surface area contributed by atoms with Crippen molar-refractivity contribution in [2.24, 2.45) is 0 Å². The summed E-state index contributed by atoms with van der Waals surface area (Å²) in [6, 6.07) is 7.19. The molecule has 0 atom stereocenters. The van der Waals surface area contributed by atoms with Crippen LogP contribution in [0.25, 0.3) is 21.9 Å². The summed E-state index contributed by atoms with van der Waals surface area (Å²) in [4.78, 5) is 25.6. The van der Waals surface area contributed by atoms with E-state index < -0.39 is 0 Å². The molecule has 0 amide bonds. The van der Waals surface area contributed by atoms with Crippen LogP contribution in [0, 0.1) is 0 Å². The lowest BCUT2D eigenvalue weighted by Gasteiger charge is -2.13. The van der Waals surface area contributed by atoms with E-state index in [2.05, 4.69) is 11.5 Å². The van der Waals surface area contributed by atoms with Gasteiger partial charge in [-0.25, -0.2) is 0 Å². The van der Waals surface area contributed by atoms with Crippen LogP contribution < -0.4 is 15.7 Å². The maximum Gasteiger partial charge on any atom is 0.252 e. The van der Waals surface area contributed by atoms with Crippen molar-refractivity contribution in [2.75, 3.05) is 7.11 Å². The number of fused-ring (bicyclic) bond motifs is 2. The van der Waals surface area contributed by atoms with E-state index in [9.17, 15) is 9.59 Å². The van der Waals surface area contributed by atoms with Crippen molar-refractivity contribution in [1.82, 2.24) is 9.13 Å². The van der Waals surface area contributed by atoms with Gasteiger partial charge in [0.25, 0.3) is 5.56 Å². The van der Waals surface area contributed by atoms with Crippen LogP contribution in [0.15, 0.2) is 33.9 Å². The van der Waals surface area contributed by atoms with E-state index >= 15 is 0 Å². The number of aryl methyl sites for hydroxylation is 3. The van der Waals surface area contributed by atoms with Crippen LogP contribution in [0.3, 0.4) is 0 Å². The molecule has 0 saturated heterocycles. The number of methoxy groups -OCH3 is 1. The zero-order valence-electron chi connectivity index (χ0n) is 14.0. The zero-order chi connectivity index (χ0) is 16.8. The average molecular weight is 324 g/mol. The first-order valence-corrected chi connectivity index (χ1v) is 8.42. The van der Waals surface area contributed by atoms with Crippen LogP contribution >= 0.6 is 0 Å². The molecule has 1 aliphatic rings. The number of hydrogen-bond acceptors (Lipinski definition) is 3. The molecule has 5 nitrogen and oxygen atoms in total. The van der Waals surface area contributed by atoms with Crippen LogP contribution in [0.2, 0.25) is 0 Å². The molecule has 0 radical (unpaired) electrons. The van der Waals surface area contributed by atoms with Gasteiger partial charge in [-0.2, -0.15) is 0 Å². The summed E-state index contributed by atoms with van der Waals surface area (Å²) in [5.41, 5.74) is 2.48. The fraction of sp³-hybridized carbons (Fsp3) is 0.368. The Morgan fingerprint density at radius 1 is 1.12 bits per heavy atom. The SMILES string of the molecule is CCCCc1cc(=O)n2c3c1c(=O)c1ccc(OC)cc1n3CC2. The lowest BCUT2D eigenvalue weighted by molar-refractivity contribution is 0.415. The third kappa shape index (κ3) is 2.00. The molecule has 1 aliphatic heterocycles. The van der Waals surface area contributed by atoms with Gasteiger partial charge in [0.1, 0.15) is 11.4 Å². The first kappa shape index (κ1) is 15.0. The molecular weight excluding hydrogens is 304 g/mol. The van der Waals surface area contributed by atoms with Crippen molar-refractivity contribution in [3.05, 3.63) is 50.4 Å². The number of nitrogens with zero attached hydrogens (tertiary/aromatic N) is 2. The summed E-state index contributed by atoms with van der Waals surface area (Å²) in [6.07, 6.45) is 2.77. The number of benzene rings is 1. The Labute approximate surface area is 139 Å². The molecule has 124 valence electrons. The third-order valence-corrected chi connectivity index (χ3v) is 4.93. The normalized spacial score (nSPS) is 13.1. The molecule has 2 aromatic heterocycles. The van der Waals surface area contributed by atoms with Gasteiger partial charge in [0.15, 0.2) is 5.43 Å². The quantitative estimate of drug-likeness (QED) is 0.693. The molecule has 4 rings (SSSR count). The maximum atomic E-state index is 13.1. The summed E-state index contributed by atoms with van der Waals surface area (Å²) >= 11 is 0. The summed E-state index contributed by atoms with van der Waals surface area (Å²) in [7, 11) is 1.61. The minimum absolute atomic E-state index is 0.0125. The second-order valence-electron chi connectivity index (χ2n) is 6.33. The molecule has 0 N–H and O–H groups in total. The number of ether oxygens (including phenoxy) is 1. The highest BCUT2D eigenvalue weighted by atomic mass is 16.5. The van der Waals surface area contributed by atoms with Gasteiger partial charge in [0.2, 0.25) is 0 Å². The zero-order valence-corrected chi connectivity index (χ0v) is 14.0. The predicted octanol–water partition coefficient (Wildman–Crippen LogP) is 2.68. The predicted molar refractivity (Wildman–Crippen MR) is 95.1 cm³/mol. The van der Waals surface area contributed by atoms with Crippen molar-refractivity contribution in [3.63, 3.8) is 0 Å². The highest BCUT2D eigenvalue weighted by molar-refractivity contribution is 5.94. The largest absolute Gasteiger partial charge is 0.497 e. The molecular formula is C19H20N2O3. The Morgan fingerprint density at radius 3 is 2.67 bits per heavy atom. The summed E-state index contributed by atoms with van der Waals surface area (Å²) < 4.78 is 9.12. The van der Waals surface area contributed by atoms with E-state index in [1.165, 1.54) is 0 Å². The van der Waals surface area contributed by atoms with Gasteiger partial charge in [-0.1, -0.05) is 13.3 Å². The van der Waals surface area contributed by atoms with Gasteiger partial charge in [-0.05, 0) is 30.5 Å². The summed E-state index contributed by atoms with van der Waals surface area (Å²) in [5, 5.41) is 1.39. The highest BCUT2D eigenvalue weighted by Gasteiger charge is 2.22. The fourth-order valence-corrected chi connectivity index (χ4v) is 3.72. The van der Waals surface area contributed by atoms with Crippen LogP contribution in [-0.4, -0.2) is 16.2 Å². The van der Waals surface area contributed by atoms with Gasteiger partial charge in [0, 0.05) is 30.6 Å². The lowest BCUT2D eigenvalue weighted by atomic mass is 10.0. The van der Waals surface area contributed by atoms with Gasteiger partial charge in [0.05, 0.1) is 18.0 Å². The van der Waals surface area contributed by atoms with Crippen molar-refractivity contribution >= 4 is 21.9 Å². The molecule has 5 heteroatoms. The van der Waals surface area contributed by atoms with Crippen molar-refractivity contribution in [1.29, 1.82) is 0 Å². The van der Waals surface area contributed by atoms with E-state index in [-0.39, 0.29) is 11.0 Å². The highest BCUT2D eigenvalue weighted by Crippen LogP contribution is 2.27. The fourth-order valence-electron chi connectivity index (χ4n) is 3.72. The molecule has 24 heavy (non-hydrogen) atoms. The first-order valence-electron chi connectivity index (χ1n) is 8.42. The van der Waals surface area contributed by atoms with Crippen LogP contribution in [0.5, 0.6) is 5.75 Å². The Morgan fingerprint density at radius 2 is 1.92 bits per heavy atom. The molecule has 3 aromatic rings. The molecule has 0 unspecified atom stereocenters. The number of pyridine rings is 2. The van der Waals surface area contributed by atoms with E-state index in [1.54, 1.807) is 17.7 Å². The summed E-state index contributed by atoms with van der Waals surface area (Å²) in [6.45, 7) is 3.42. The smallest absolute Gasteiger partial charge is 0.252 e. The number of unbranched alkanes of at least 4 members (excludes halogenated alkanes) is 1. The second kappa shape index (κ2) is 5.51. The van der Waals surface area contributed by atoms with E-state index in [1.807, 2.05) is 18.2 Å². The Bertz CT molecular complexity index is 1080. The molecule has 0 saturated carbocycles. The molecule has 3 heterocycles. The molecule has 0 fully saturated rings. The standard InChI is InChI=1S/C19H20N2O3/c1-3-4-5-12-10-16(22)21-9-8-20-15-11-13(24-2)6-7-14(15)18(23)17(12)19(20)21/h6-7,10-11H,3-5,8-9H2,1-2H3. The molecule has 1 aromatic carbocycles. The molecule has 0 aliphatic carbocycles. The van der Waals surface area contributed by atoms with Gasteiger partial charge >= 0.3 is 0 Å². The van der Waals surface area contributed by atoms with Crippen LogP contribution in [0.1, 0.15) is 25.3 Å². The minimum Gasteiger partial charge on any atom is -0.497 e. The Balaban J connectivity index is 2.18. The van der Waals surface area contributed by atoms with Gasteiger partial charge in [-0.15, -0.1) is 0 Å².